The van der Waals surface area contributed by atoms with E-state index in [-0.39, 0.29) is 6.04 Å². The largest absolute Gasteiger partial charge is 0.328 e. The summed E-state index contributed by atoms with van der Waals surface area (Å²) in [5.41, 5.74) is 8.07. The van der Waals surface area contributed by atoms with Crippen LogP contribution in [0.5, 0.6) is 0 Å². The fraction of sp³-hybridized carbons (Fsp3) is 0.667. The van der Waals surface area contributed by atoms with E-state index in [1.807, 2.05) is 6.92 Å². The Labute approximate surface area is 91.1 Å². The number of hydrogen-bond acceptors (Lipinski definition) is 3. The topological polar surface area (TPSA) is 51.8 Å². The molecule has 1 saturated carbocycles. The van der Waals surface area contributed by atoms with Gasteiger partial charge in [-0.2, -0.15) is 0 Å². The van der Waals surface area contributed by atoms with E-state index in [4.69, 9.17) is 5.73 Å². The van der Waals surface area contributed by atoms with E-state index in [0.717, 1.165) is 12.1 Å². The summed E-state index contributed by atoms with van der Waals surface area (Å²) in [5, 5.41) is 0. The standard InChI is InChI=1S/C12H19N3/c1-9(13)6-11-7-12(15-8-14-11)10-4-2-3-5-10/h7-10H,2-6,13H2,1H3. The van der Waals surface area contributed by atoms with Crippen molar-refractivity contribution in [2.75, 3.05) is 0 Å². The van der Waals surface area contributed by atoms with Crippen molar-refractivity contribution in [1.29, 1.82) is 0 Å². The first-order valence-corrected chi connectivity index (χ1v) is 5.82. The molecule has 3 heteroatoms. The maximum atomic E-state index is 5.77. The van der Waals surface area contributed by atoms with Crippen LogP contribution < -0.4 is 5.73 Å². The second-order valence-electron chi connectivity index (χ2n) is 4.60. The molecule has 1 aliphatic rings. The predicted molar refractivity (Wildman–Crippen MR) is 60.6 cm³/mol. The van der Waals surface area contributed by atoms with Crippen molar-refractivity contribution in [3.8, 4) is 0 Å². The average Bonchev–Trinajstić information content (AvgIpc) is 2.69. The molecule has 1 aromatic heterocycles. The summed E-state index contributed by atoms with van der Waals surface area (Å²) in [6.07, 6.45) is 7.80. The van der Waals surface area contributed by atoms with Crippen LogP contribution in [0.25, 0.3) is 0 Å². The zero-order valence-electron chi connectivity index (χ0n) is 9.32. The summed E-state index contributed by atoms with van der Waals surface area (Å²) in [6, 6.07) is 2.32. The minimum absolute atomic E-state index is 0.177. The van der Waals surface area contributed by atoms with Crippen molar-refractivity contribution in [3.05, 3.63) is 23.8 Å². The Morgan fingerprint density at radius 2 is 2.13 bits per heavy atom. The molecular formula is C12H19N3. The van der Waals surface area contributed by atoms with Crippen molar-refractivity contribution in [3.63, 3.8) is 0 Å². The predicted octanol–water partition coefficient (Wildman–Crippen LogP) is 2.02. The first kappa shape index (κ1) is 10.6. The van der Waals surface area contributed by atoms with Gasteiger partial charge in [0.05, 0.1) is 0 Å². The molecule has 0 amide bonds. The highest BCUT2D eigenvalue weighted by molar-refractivity contribution is 5.14. The molecule has 0 spiro atoms. The Bertz CT molecular complexity index is 316. The number of hydrogen-bond donors (Lipinski definition) is 1. The van der Waals surface area contributed by atoms with Crippen LogP contribution in [0.4, 0.5) is 0 Å². The van der Waals surface area contributed by atoms with Gasteiger partial charge in [0, 0.05) is 29.8 Å². The Hall–Kier alpha value is -0.960. The molecule has 1 aliphatic carbocycles. The Balaban J connectivity index is 2.11. The van der Waals surface area contributed by atoms with E-state index < -0.39 is 0 Å². The normalized spacial score (nSPS) is 19.3. The highest BCUT2D eigenvalue weighted by atomic mass is 14.8. The summed E-state index contributed by atoms with van der Waals surface area (Å²) >= 11 is 0. The summed E-state index contributed by atoms with van der Waals surface area (Å²) in [4.78, 5) is 8.64. The molecule has 0 bridgehead atoms. The van der Waals surface area contributed by atoms with Gasteiger partial charge in [-0.15, -0.1) is 0 Å². The molecule has 2 N–H and O–H groups in total. The quantitative estimate of drug-likeness (QED) is 0.821. The van der Waals surface area contributed by atoms with Crippen molar-refractivity contribution >= 4 is 0 Å². The summed E-state index contributed by atoms with van der Waals surface area (Å²) < 4.78 is 0. The lowest BCUT2D eigenvalue weighted by Gasteiger charge is -2.10. The third-order valence-electron chi connectivity index (χ3n) is 3.05. The van der Waals surface area contributed by atoms with Crippen LogP contribution >= 0.6 is 0 Å². The second-order valence-corrected chi connectivity index (χ2v) is 4.60. The zero-order chi connectivity index (χ0) is 10.7. The van der Waals surface area contributed by atoms with Gasteiger partial charge in [0.25, 0.3) is 0 Å². The van der Waals surface area contributed by atoms with E-state index in [9.17, 15) is 0 Å². The van der Waals surface area contributed by atoms with Gasteiger partial charge in [-0.3, -0.25) is 0 Å². The number of nitrogens with zero attached hydrogens (tertiary/aromatic N) is 2. The van der Waals surface area contributed by atoms with E-state index in [2.05, 4.69) is 16.0 Å². The van der Waals surface area contributed by atoms with Gasteiger partial charge in [-0.1, -0.05) is 12.8 Å². The van der Waals surface area contributed by atoms with Crippen LogP contribution in [0.1, 0.15) is 49.9 Å². The lowest BCUT2D eigenvalue weighted by molar-refractivity contribution is 0.676. The second kappa shape index (κ2) is 4.71. The lowest BCUT2D eigenvalue weighted by Crippen LogP contribution is -2.18. The maximum Gasteiger partial charge on any atom is 0.115 e. The molecule has 15 heavy (non-hydrogen) atoms. The first-order chi connectivity index (χ1) is 7.25. The summed E-state index contributed by atoms with van der Waals surface area (Å²) in [7, 11) is 0. The molecule has 0 saturated heterocycles. The van der Waals surface area contributed by atoms with Crippen molar-refractivity contribution in [1.82, 2.24) is 9.97 Å². The molecular weight excluding hydrogens is 186 g/mol. The first-order valence-electron chi connectivity index (χ1n) is 5.82. The SMILES string of the molecule is CC(N)Cc1cc(C2CCCC2)ncn1. The van der Waals surface area contributed by atoms with Crippen molar-refractivity contribution in [2.24, 2.45) is 5.73 Å². The van der Waals surface area contributed by atoms with Gasteiger partial charge in [0.2, 0.25) is 0 Å². The van der Waals surface area contributed by atoms with Gasteiger partial charge in [-0.25, -0.2) is 9.97 Å². The minimum Gasteiger partial charge on any atom is -0.328 e. The number of rotatable bonds is 3. The van der Waals surface area contributed by atoms with Crippen LogP contribution in [-0.4, -0.2) is 16.0 Å². The summed E-state index contributed by atoms with van der Waals surface area (Å²) in [5.74, 6) is 0.667. The average molecular weight is 205 g/mol. The molecule has 0 aliphatic heterocycles. The van der Waals surface area contributed by atoms with Gasteiger partial charge >= 0.3 is 0 Å². The number of nitrogens with two attached hydrogens (primary N) is 1. The zero-order valence-corrected chi connectivity index (χ0v) is 9.32. The van der Waals surface area contributed by atoms with Gasteiger partial charge < -0.3 is 5.73 Å². The third kappa shape index (κ3) is 2.75. The Morgan fingerprint density at radius 3 is 2.80 bits per heavy atom. The van der Waals surface area contributed by atoms with Gasteiger partial charge in [0.15, 0.2) is 0 Å². The van der Waals surface area contributed by atoms with E-state index in [1.165, 1.54) is 31.4 Å². The Kier molecular flexibility index (Phi) is 3.31. The van der Waals surface area contributed by atoms with Crippen molar-refractivity contribution < 1.29 is 0 Å². The molecule has 0 radical (unpaired) electrons. The third-order valence-corrected chi connectivity index (χ3v) is 3.05. The molecule has 1 heterocycles. The van der Waals surface area contributed by atoms with E-state index >= 15 is 0 Å². The van der Waals surface area contributed by atoms with Crippen LogP contribution in [0.3, 0.4) is 0 Å². The van der Waals surface area contributed by atoms with Crippen molar-refractivity contribution in [2.45, 2.75) is 51.0 Å². The fourth-order valence-corrected chi connectivity index (χ4v) is 2.30. The highest BCUT2D eigenvalue weighted by Gasteiger charge is 2.18. The monoisotopic (exact) mass is 205 g/mol. The minimum atomic E-state index is 0.177. The number of aromatic nitrogens is 2. The lowest BCUT2D eigenvalue weighted by atomic mass is 10.0. The van der Waals surface area contributed by atoms with Crippen LogP contribution in [0, 0.1) is 0 Å². The molecule has 1 unspecified atom stereocenters. The fourth-order valence-electron chi connectivity index (χ4n) is 2.30. The summed E-state index contributed by atoms with van der Waals surface area (Å²) in [6.45, 7) is 2.01. The molecule has 1 aromatic rings. The molecule has 1 atom stereocenters. The molecule has 3 nitrogen and oxygen atoms in total. The Morgan fingerprint density at radius 1 is 1.40 bits per heavy atom. The maximum absolute atomic E-state index is 5.77. The van der Waals surface area contributed by atoms with Crippen LogP contribution in [0.15, 0.2) is 12.4 Å². The van der Waals surface area contributed by atoms with E-state index in [1.54, 1.807) is 6.33 Å². The molecule has 82 valence electrons. The van der Waals surface area contributed by atoms with Crippen LogP contribution in [0.2, 0.25) is 0 Å². The molecule has 2 rings (SSSR count). The van der Waals surface area contributed by atoms with Gasteiger partial charge in [0.1, 0.15) is 6.33 Å². The highest BCUT2D eigenvalue weighted by Crippen LogP contribution is 2.32. The smallest absolute Gasteiger partial charge is 0.115 e. The molecule has 1 fully saturated rings. The molecule has 0 aromatic carbocycles. The van der Waals surface area contributed by atoms with Crippen LogP contribution in [-0.2, 0) is 6.42 Å². The van der Waals surface area contributed by atoms with E-state index in [0.29, 0.717) is 5.92 Å². The van der Waals surface area contributed by atoms with Gasteiger partial charge in [-0.05, 0) is 25.8 Å².